The molecule has 0 aromatic heterocycles. The van der Waals surface area contributed by atoms with E-state index in [0.717, 1.165) is 5.56 Å². The minimum Gasteiger partial charge on any atom is -0.484 e. The number of nitrogens with one attached hydrogen (secondary N) is 2. The first-order valence-corrected chi connectivity index (χ1v) is 9.64. The average Bonchev–Trinajstić information content (AvgIpc) is 2.76. The smallest absolute Gasteiger partial charge is 0.258 e. The van der Waals surface area contributed by atoms with E-state index in [9.17, 15) is 14.0 Å². The van der Waals surface area contributed by atoms with E-state index in [1.807, 2.05) is 12.1 Å². The van der Waals surface area contributed by atoms with Gasteiger partial charge in [0.1, 0.15) is 11.6 Å². The molecule has 0 aliphatic rings. The second-order valence-corrected chi connectivity index (χ2v) is 6.97. The normalized spacial score (nSPS) is 10.3. The van der Waals surface area contributed by atoms with E-state index in [1.165, 1.54) is 12.1 Å². The number of hydrogen-bond acceptors (Lipinski definition) is 3. The predicted molar refractivity (Wildman–Crippen MR) is 113 cm³/mol. The number of benzene rings is 3. The van der Waals surface area contributed by atoms with E-state index in [-0.39, 0.29) is 30.8 Å². The fourth-order valence-electron chi connectivity index (χ4n) is 2.64. The first-order valence-electron chi connectivity index (χ1n) is 9.26. The molecule has 3 aromatic carbocycles. The van der Waals surface area contributed by atoms with E-state index in [0.29, 0.717) is 28.4 Å². The zero-order valence-corrected chi connectivity index (χ0v) is 16.8. The van der Waals surface area contributed by atoms with Crippen molar-refractivity contribution in [1.29, 1.82) is 0 Å². The van der Waals surface area contributed by atoms with Crippen LogP contribution >= 0.6 is 11.6 Å². The van der Waals surface area contributed by atoms with Gasteiger partial charge in [-0.3, -0.25) is 9.59 Å². The van der Waals surface area contributed by atoms with Gasteiger partial charge in [-0.05, 0) is 59.7 Å². The van der Waals surface area contributed by atoms with Crippen LogP contribution in [0.2, 0.25) is 5.02 Å². The van der Waals surface area contributed by atoms with Crippen molar-refractivity contribution in [3.05, 3.63) is 100 Å². The van der Waals surface area contributed by atoms with Crippen molar-refractivity contribution >= 4 is 23.4 Å². The van der Waals surface area contributed by atoms with E-state index in [2.05, 4.69) is 10.6 Å². The Morgan fingerprint density at radius 3 is 2.27 bits per heavy atom. The molecule has 0 heterocycles. The van der Waals surface area contributed by atoms with Gasteiger partial charge in [-0.2, -0.15) is 0 Å². The summed E-state index contributed by atoms with van der Waals surface area (Å²) in [5, 5.41) is 6.12. The molecule has 3 aromatic rings. The van der Waals surface area contributed by atoms with E-state index in [1.54, 1.807) is 48.5 Å². The minimum absolute atomic E-state index is 0.140. The summed E-state index contributed by atoms with van der Waals surface area (Å²) >= 11 is 5.83. The second-order valence-electron chi connectivity index (χ2n) is 6.53. The Balaban J connectivity index is 1.42. The standard InChI is InChI=1S/C23H20ClFN2O3/c24-19-8-4-16(5-9-19)13-26-22(28)15-30-21-10-6-18(7-11-21)23(29)27-14-17-2-1-3-20(25)12-17/h1-12H,13-15H2,(H,26,28)(H,27,29). The Bertz CT molecular complexity index is 1010. The maximum Gasteiger partial charge on any atom is 0.258 e. The van der Waals surface area contributed by atoms with Crippen LogP contribution in [-0.4, -0.2) is 18.4 Å². The van der Waals surface area contributed by atoms with Gasteiger partial charge >= 0.3 is 0 Å². The first kappa shape index (κ1) is 21.3. The predicted octanol–water partition coefficient (Wildman–Crippen LogP) is 4.10. The number of amides is 2. The van der Waals surface area contributed by atoms with Crippen LogP contribution in [0.4, 0.5) is 4.39 Å². The second kappa shape index (κ2) is 10.4. The van der Waals surface area contributed by atoms with E-state index in [4.69, 9.17) is 16.3 Å². The molecule has 3 rings (SSSR count). The number of ether oxygens (including phenoxy) is 1. The highest BCUT2D eigenvalue weighted by Crippen LogP contribution is 2.13. The topological polar surface area (TPSA) is 67.4 Å². The third kappa shape index (κ3) is 6.60. The van der Waals surface area contributed by atoms with Crippen molar-refractivity contribution in [2.75, 3.05) is 6.61 Å². The molecule has 5 nitrogen and oxygen atoms in total. The van der Waals surface area contributed by atoms with Crippen molar-refractivity contribution in [3.63, 3.8) is 0 Å². The summed E-state index contributed by atoms with van der Waals surface area (Å²) in [5.74, 6) is -0.424. The van der Waals surface area contributed by atoms with Gasteiger partial charge in [0.05, 0.1) is 0 Å². The van der Waals surface area contributed by atoms with Crippen LogP contribution in [0.15, 0.2) is 72.8 Å². The lowest BCUT2D eigenvalue weighted by molar-refractivity contribution is -0.123. The molecule has 7 heteroatoms. The molecule has 0 saturated carbocycles. The van der Waals surface area contributed by atoms with Crippen molar-refractivity contribution in [3.8, 4) is 5.75 Å². The average molecular weight is 427 g/mol. The molecular formula is C23H20ClFN2O3. The minimum atomic E-state index is -0.347. The Hall–Kier alpha value is -3.38. The zero-order valence-electron chi connectivity index (χ0n) is 16.0. The largest absolute Gasteiger partial charge is 0.484 e. The van der Waals surface area contributed by atoms with Crippen molar-refractivity contribution in [2.45, 2.75) is 13.1 Å². The number of halogens is 2. The molecule has 0 fully saturated rings. The van der Waals surface area contributed by atoms with Crippen LogP contribution in [0.1, 0.15) is 21.5 Å². The van der Waals surface area contributed by atoms with Crippen LogP contribution in [0.5, 0.6) is 5.75 Å². The molecular weight excluding hydrogens is 407 g/mol. The molecule has 0 saturated heterocycles. The molecule has 0 unspecified atom stereocenters. The monoisotopic (exact) mass is 426 g/mol. The number of carbonyl (C=O) groups is 2. The summed E-state index contributed by atoms with van der Waals surface area (Å²) in [6.07, 6.45) is 0. The fourth-order valence-corrected chi connectivity index (χ4v) is 2.76. The quantitative estimate of drug-likeness (QED) is 0.569. The lowest BCUT2D eigenvalue weighted by Gasteiger charge is -2.09. The lowest BCUT2D eigenvalue weighted by Crippen LogP contribution is -2.28. The van der Waals surface area contributed by atoms with Crippen molar-refractivity contribution in [1.82, 2.24) is 10.6 Å². The summed E-state index contributed by atoms with van der Waals surface area (Å²) in [5.41, 5.74) is 2.04. The summed E-state index contributed by atoms with van der Waals surface area (Å²) in [6, 6.07) is 19.7. The SMILES string of the molecule is O=C(COc1ccc(C(=O)NCc2cccc(F)c2)cc1)NCc1ccc(Cl)cc1. The molecule has 0 aliphatic heterocycles. The number of hydrogen-bond donors (Lipinski definition) is 2. The molecule has 0 bridgehead atoms. The fraction of sp³-hybridized carbons (Fsp3) is 0.130. The molecule has 30 heavy (non-hydrogen) atoms. The lowest BCUT2D eigenvalue weighted by atomic mass is 10.2. The van der Waals surface area contributed by atoms with E-state index >= 15 is 0 Å². The zero-order chi connectivity index (χ0) is 21.3. The number of carbonyl (C=O) groups excluding carboxylic acids is 2. The molecule has 154 valence electrons. The maximum absolute atomic E-state index is 13.2. The van der Waals surface area contributed by atoms with Gasteiger partial charge in [0.25, 0.3) is 11.8 Å². The van der Waals surface area contributed by atoms with Gasteiger partial charge in [0.2, 0.25) is 0 Å². The van der Waals surface area contributed by atoms with Gasteiger partial charge in [-0.25, -0.2) is 4.39 Å². The Morgan fingerprint density at radius 2 is 1.57 bits per heavy atom. The molecule has 0 atom stereocenters. The Labute approximate surface area is 178 Å². The Morgan fingerprint density at radius 1 is 0.867 bits per heavy atom. The van der Waals surface area contributed by atoms with E-state index < -0.39 is 0 Å². The number of rotatable bonds is 8. The van der Waals surface area contributed by atoms with Crippen LogP contribution < -0.4 is 15.4 Å². The van der Waals surface area contributed by atoms with Gasteiger partial charge in [0, 0.05) is 23.7 Å². The maximum atomic E-state index is 13.2. The highest BCUT2D eigenvalue weighted by atomic mass is 35.5. The molecule has 0 aliphatic carbocycles. The van der Waals surface area contributed by atoms with Gasteiger partial charge in [-0.1, -0.05) is 35.9 Å². The van der Waals surface area contributed by atoms with Crippen molar-refractivity contribution in [2.24, 2.45) is 0 Å². The Kier molecular flexibility index (Phi) is 7.40. The highest BCUT2D eigenvalue weighted by molar-refractivity contribution is 6.30. The third-order valence-corrected chi connectivity index (χ3v) is 4.48. The van der Waals surface area contributed by atoms with Crippen LogP contribution in [0.3, 0.4) is 0 Å². The molecule has 2 N–H and O–H groups in total. The third-order valence-electron chi connectivity index (χ3n) is 4.23. The van der Waals surface area contributed by atoms with Crippen LogP contribution in [0.25, 0.3) is 0 Å². The highest BCUT2D eigenvalue weighted by Gasteiger charge is 2.07. The van der Waals surface area contributed by atoms with Gasteiger partial charge < -0.3 is 15.4 Å². The van der Waals surface area contributed by atoms with Crippen LogP contribution in [0, 0.1) is 5.82 Å². The summed E-state index contributed by atoms with van der Waals surface area (Å²) in [6.45, 7) is 0.463. The van der Waals surface area contributed by atoms with Crippen molar-refractivity contribution < 1.29 is 18.7 Å². The molecule has 0 spiro atoms. The molecule has 0 radical (unpaired) electrons. The summed E-state index contributed by atoms with van der Waals surface area (Å²) in [7, 11) is 0. The molecule has 2 amide bonds. The first-order chi connectivity index (χ1) is 14.5. The van der Waals surface area contributed by atoms with Gasteiger partial charge in [0.15, 0.2) is 6.61 Å². The summed E-state index contributed by atoms with van der Waals surface area (Å²) < 4.78 is 18.6. The van der Waals surface area contributed by atoms with Crippen LogP contribution in [-0.2, 0) is 17.9 Å². The van der Waals surface area contributed by atoms with Gasteiger partial charge in [-0.15, -0.1) is 0 Å². The summed E-state index contributed by atoms with van der Waals surface area (Å²) in [4.78, 5) is 24.1.